The number of carbonyl (C=O) groups is 1. The Balaban J connectivity index is 1.98. The van der Waals surface area contributed by atoms with Crippen molar-refractivity contribution < 1.29 is 17.9 Å². The predicted molar refractivity (Wildman–Crippen MR) is 96.2 cm³/mol. The molecule has 0 spiro atoms. The molecule has 8 heteroatoms. The number of benzene rings is 2. The molecule has 0 fully saturated rings. The quantitative estimate of drug-likeness (QED) is 0.824. The van der Waals surface area contributed by atoms with E-state index < -0.39 is 16.1 Å². The van der Waals surface area contributed by atoms with Gasteiger partial charge in [-0.05, 0) is 35.9 Å². The average molecular weight is 363 g/mol. The minimum absolute atomic E-state index is 0.116. The first-order chi connectivity index (χ1) is 11.8. The summed E-state index contributed by atoms with van der Waals surface area (Å²) in [5, 5.41) is 5.34. The van der Waals surface area contributed by atoms with Crippen LogP contribution in [0.15, 0.2) is 53.4 Å². The van der Waals surface area contributed by atoms with E-state index in [0.717, 1.165) is 15.6 Å². The van der Waals surface area contributed by atoms with Gasteiger partial charge in [-0.25, -0.2) is 17.5 Å². The molecular weight excluding hydrogens is 342 g/mol. The molecule has 25 heavy (non-hydrogen) atoms. The maximum Gasteiger partial charge on any atom is 0.319 e. The third kappa shape index (κ3) is 4.94. The van der Waals surface area contributed by atoms with Gasteiger partial charge in [-0.15, -0.1) is 0 Å². The van der Waals surface area contributed by atoms with Gasteiger partial charge in [-0.1, -0.05) is 18.2 Å². The van der Waals surface area contributed by atoms with E-state index in [1.54, 1.807) is 19.2 Å². The molecule has 2 aromatic rings. The van der Waals surface area contributed by atoms with E-state index in [9.17, 15) is 13.2 Å². The summed E-state index contributed by atoms with van der Waals surface area (Å²) < 4.78 is 30.4. The van der Waals surface area contributed by atoms with Crippen molar-refractivity contribution in [1.29, 1.82) is 0 Å². The Hall–Kier alpha value is -2.58. The molecular formula is C17H21N3O4S. The van der Waals surface area contributed by atoms with Crippen LogP contribution < -0.4 is 15.4 Å². The Morgan fingerprint density at radius 1 is 1.12 bits per heavy atom. The first-order valence-corrected chi connectivity index (χ1v) is 8.97. The summed E-state index contributed by atoms with van der Waals surface area (Å²) in [5.41, 5.74) is 1.31. The topological polar surface area (TPSA) is 87.7 Å². The summed E-state index contributed by atoms with van der Waals surface area (Å²) in [5.74, 6) is 0.743. The molecule has 0 aliphatic rings. The van der Waals surface area contributed by atoms with E-state index in [4.69, 9.17) is 4.74 Å². The summed E-state index contributed by atoms with van der Waals surface area (Å²) in [7, 11) is 0.952. The Kier molecular flexibility index (Phi) is 6.00. The van der Waals surface area contributed by atoms with Gasteiger partial charge in [-0.3, -0.25) is 0 Å². The predicted octanol–water partition coefficient (Wildman–Crippen LogP) is 2.27. The minimum Gasteiger partial charge on any atom is -0.497 e. The maximum absolute atomic E-state index is 12.1. The summed E-state index contributed by atoms with van der Waals surface area (Å²) >= 11 is 0. The molecule has 2 aromatic carbocycles. The fourth-order valence-corrected chi connectivity index (χ4v) is 2.99. The van der Waals surface area contributed by atoms with E-state index in [1.165, 1.54) is 26.2 Å². The number of nitrogens with one attached hydrogen (secondary N) is 2. The summed E-state index contributed by atoms with van der Waals surface area (Å²) in [4.78, 5) is 12.1. The fourth-order valence-electron chi connectivity index (χ4n) is 2.05. The zero-order valence-corrected chi connectivity index (χ0v) is 15.1. The molecule has 0 aliphatic heterocycles. The lowest BCUT2D eigenvalue weighted by atomic mass is 10.2. The second kappa shape index (κ2) is 8.00. The summed E-state index contributed by atoms with van der Waals surface area (Å²) in [6.45, 7) is 0.339. The van der Waals surface area contributed by atoms with Crippen molar-refractivity contribution in [3.63, 3.8) is 0 Å². The van der Waals surface area contributed by atoms with Crippen molar-refractivity contribution in [1.82, 2.24) is 9.62 Å². The Bertz CT molecular complexity index is 833. The van der Waals surface area contributed by atoms with Gasteiger partial charge in [-0.2, -0.15) is 0 Å². The van der Waals surface area contributed by atoms with Crippen LogP contribution in [0.1, 0.15) is 5.56 Å². The highest BCUT2D eigenvalue weighted by Crippen LogP contribution is 2.18. The molecule has 2 amide bonds. The van der Waals surface area contributed by atoms with Gasteiger partial charge in [0.1, 0.15) is 5.75 Å². The van der Waals surface area contributed by atoms with Crippen LogP contribution in [-0.4, -0.2) is 40.0 Å². The Morgan fingerprint density at radius 3 is 2.40 bits per heavy atom. The number of urea groups is 1. The summed E-state index contributed by atoms with van der Waals surface area (Å²) in [6, 6.07) is 13.0. The van der Waals surface area contributed by atoms with E-state index >= 15 is 0 Å². The number of carbonyl (C=O) groups excluding carboxylic acids is 1. The van der Waals surface area contributed by atoms with Gasteiger partial charge in [0, 0.05) is 26.3 Å². The number of methoxy groups -OCH3 is 1. The highest BCUT2D eigenvalue weighted by molar-refractivity contribution is 7.89. The second-order valence-corrected chi connectivity index (χ2v) is 7.62. The number of anilines is 1. The molecule has 0 saturated carbocycles. The zero-order valence-electron chi connectivity index (χ0n) is 14.3. The van der Waals surface area contributed by atoms with Crippen molar-refractivity contribution in [3.05, 3.63) is 54.1 Å². The number of hydrogen-bond acceptors (Lipinski definition) is 4. The number of amides is 2. The highest BCUT2D eigenvalue weighted by atomic mass is 32.2. The van der Waals surface area contributed by atoms with Gasteiger partial charge in [0.2, 0.25) is 10.0 Å². The Labute approximate surface area is 147 Å². The van der Waals surface area contributed by atoms with Crippen LogP contribution in [0.25, 0.3) is 0 Å². The van der Waals surface area contributed by atoms with E-state index in [1.807, 2.05) is 24.3 Å². The molecule has 2 rings (SSSR count). The first kappa shape index (κ1) is 18.8. The molecule has 0 heterocycles. The third-order valence-corrected chi connectivity index (χ3v) is 5.29. The SMILES string of the molecule is COc1ccc(CNC(=O)Nc2cccc(S(=O)(=O)N(C)C)c2)cc1. The molecule has 0 aliphatic carbocycles. The van der Waals surface area contributed by atoms with E-state index in [2.05, 4.69) is 10.6 Å². The van der Waals surface area contributed by atoms with Crippen LogP contribution >= 0.6 is 0 Å². The van der Waals surface area contributed by atoms with Crippen LogP contribution in [0.5, 0.6) is 5.75 Å². The normalized spacial score (nSPS) is 11.2. The number of sulfonamides is 1. The van der Waals surface area contributed by atoms with Gasteiger partial charge >= 0.3 is 6.03 Å². The van der Waals surface area contributed by atoms with Gasteiger partial charge < -0.3 is 15.4 Å². The first-order valence-electron chi connectivity index (χ1n) is 7.53. The number of rotatable bonds is 6. The monoisotopic (exact) mass is 363 g/mol. The molecule has 2 N–H and O–H groups in total. The van der Waals surface area contributed by atoms with Gasteiger partial charge in [0.25, 0.3) is 0 Å². The summed E-state index contributed by atoms with van der Waals surface area (Å²) in [6.07, 6.45) is 0. The molecule has 134 valence electrons. The van der Waals surface area contributed by atoms with Crippen LogP contribution in [0.3, 0.4) is 0 Å². The third-order valence-electron chi connectivity index (χ3n) is 3.48. The van der Waals surface area contributed by atoms with Crippen LogP contribution in [0, 0.1) is 0 Å². The van der Waals surface area contributed by atoms with E-state index in [0.29, 0.717) is 12.2 Å². The molecule has 0 saturated heterocycles. The lowest BCUT2D eigenvalue weighted by Gasteiger charge is -2.13. The van der Waals surface area contributed by atoms with Crippen molar-refractivity contribution in [2.24, 2.45) is 0 Å². The largest absolute Gasteiger partial charge is 0.497 e. The second-order valence-electron chi connectivity index (χ2n) is 5.47. The van der Waals surface area contributed by atoms with Crippen molar-refractivity contribution in [2.75, 3.05) is 26.5 Å². The standard InChI is InChI=1S/C17H21N3O4S/c1-20(2)25(22,23)16-6-4-5-14(11-16)19-17(21)18-12-13-7-9-15(24-3)10-8-13/h4-11H,12H2,1-3H3,(H2,18,19,21). The Morgan fingerprint density at radius 2 is 1.80 bits per heavy atom. The van der Waals surface area contributed by atoms with Crippen molar-refractivity contribution in [3.8, 4) is 5.75 Å². The van der Waals surface area contributed by atoms with E-state index in [-0.39, 0.29) is 4.90 Å². The van der Waals surface area contributed by atoms with Crippen molar-refractivity contribution in [2.45, 2.75) is 11.4 Å². The van der Waals surface area contributed by atoms with Crippen molar-refractivity contribution >= 4 is 21.7 Å². The smallest absolute Gasteiger partial charge is 0.319 e. The lowest BCUT2D eigenvalue weighted by molar-refractivity contribution is 0.251. The molecule has 0 radical (unpaired) electrons. The molecule has 0 atom stereocenters. The van der Waals surface area contributed by atoms with Crippen LogP contribution in [0.4, 0.5) is 10.5 Å². The van der Waals surface area contributed by atoms with Crippen LogP contribution in [0.2, 0.25) is 0 Å². The average Bonchev–Trinajstić information content (AvgIpc) is 2.60. The number of hydrogen-bond donors (Lipinski definition) is 2. The fraction of sp³-hybridized carbons (Fsp3) is 0.235. The number of ether oxygens (including phenoxy) is 1. The van der Waals surface area contributed by atoms with Crippen LogP contribution in [-0.2, 0) is 16.6 Å². The molecule has 0 bridgehead atoms. The molecule has 7 nitrogen and oxygen atoms in total. The lowest BCUT2D eigenvalue weighted by Crippen LogP contribution is -2.28. The molecule has 0 unspecified atom stereocenters. The van der Waals surface area contributed by atoms with Gasteiger partial charge in [0.15, 0.2) is 0 Å². The molecule has 0 aromatic heterocycles. The minimum atomic E-state index is -3.55. The highest BCUT2D eigenvalue weighted by Gasteiger charge is 2.17. The zero-order chi connectivity index (χ0) is 18.4. The number of nitrogens with zero attached hydrogens (tertiary/aromatic N) is 1. The maximum atomic E-state index is 12.1. The van der Waals surface area contributed by atoms with Gasteiger partial charge in [0.05, 0.1) is 12.0 Å².